The van der Waals surface area contributed by atoms with Crippen LogP contribution in [-0.2, 0) is 4.79 Å². The van der Waals surface area contributed by atoms with Crippen molar-refractivity contribution in [3.63, 3.8) is 0 Å². The van der Waals surface area contributed by atoms with Crippen molar-refractivity contribution in [3.8, 4) is 11.5 Å². The number of anilines is 1. The highest BCUT2D eigenvalue weighted by Gasteiger charge is 2.22. The molecule has 1 heterocycles. The zero-order valence-corrected chi connectivity index (χ0v) is 19.6. The molecule has 1 aromatic heterocycles. The van der Waals surface area contributed by atoms with Gasteiger partial charge in [0.05, 0.1) is 20.0 Å². The first-order valence-corrected chi connectivity index (χ1v) is 11.4. The van der Waals surface area contributed by atoms with Gasteiger partial charge >= 0.3 is 0 Å². The lowest BCUT2D eigenvalue weighted by molar-refractivity contribution is -0.116. The van der Waals surface area contributed by atoms with Gasteiger partial charge in [-0.2, -0.15) is 0 Å². The standard InChI is InChI=1S/C22H27N3O3S2/c1-15-6-8-16(9-7-15)29-14-19(26)25(13-12-24(2)3)22-23-20-17(27-4)10-11-18(28-5)21(20)30-22/h6-11H,12-14H2,1-5H3. The Bertz CT molecular complexity index is 962. The molecule has 0 unspecified atom stereocenters. The summed E-state index contributed by atoms with van der Waals surface area (Å²) >= 11 is 2.99. The van der Waals surface area contributed by atoms with E-state index in [1.165, 1.54) is 28.7 Å². The van der Waals surface area contributed by atoms with Crippen LogP contribution in [-0.4, -0.2) is 62.9 Å². The third kappa shape index (κ3) is 5.24. The van der Waals surface area contributed by atoms with E-state index in [1.807, 2.05) is 38.4 Å². The molecule has 1 amide bonds. The van der Waals surface area contributed by atoms with Crippen molar-refractivity contribution in [2.75, 3.05) is 52.1 Å². The molecule has 2 aromatic carbocycles. The first-order chi connectivity index (χ1) is 14.4. The smallest absolute Gasteiger partial charge is 0.239 e. The molecule has 30 heavy (non-hydrogen) atoms. The number of thioether (sulfide) groups is 1. The van der Waals surface area contributed by atoms with Gasteiger partial charge in [0.2, 0.25) is 5.91 Å². The van der Waals surface area contributed by atoms with E-state index in [0.717, 1.165) is 21.9 Å². The normalized spacial score (nSPS) is 11.1. The van der Waals surface area contributed by atoms with Crippen molar-refractivity contribution in [2.24, 2.45) is 0 Å². The second kappa shape index (κ2) is 10.1. The van der Waals surface area contributed by atoms with Crippen molar-refractivity contribution in [1.29, 1.82) is 0 Å². The van der Waals surface area contributed by atoms with E-state index in [1.54, 1.807) is 19.1 Å². The van der Waals surface area contributed by atoms with Crippen molar-refractivity contribution in [1.82, 2.24) is 9.88 Å². The van der Waals surface area contributed by atoms with Crippen LogP contribution in [0.15, 0.2) is 41.3 Å². The third-order valence-corrected chi connectivity index (χ3v) is 6.67. The molecule has 8 heteroatoms. The number of hydrogen-bond acceptors (Lipinski definition) is 7. The maximum absolute atomic E-state index is 13.2. The van der Waals surface area contributed by atoms with Crippen LogP contribution in [0.2, 0.25) is 0 Å². The summed E-state index contributed by atoms with van der Waals surface area (Å²) < 4.78 is 11.8. The summed E-state index contributed by atoms with van der Waals surface area (Å²) in [5, 5.41) is 0.657. The molecule has 0 aliphatic carbocycles. The van der Waals surface area contributed by atoms with Gasteiger partial charge < -0.3 is 14.4 Å². The van der Waals surface area contributed by atoms with Gasteiger partial charge in [0.15, 0.2) is 5.13 Å². The Morgan fingerprint density at radius 1 is 1.03 bits per heavy atom. The van der Waals surface area contributed by atoms with Crippen LogP contribution in [0.3, 0.4) is 0 Å². The van der Waals surface area contributed by atoms with Gasteiger partial charge in [-0.3, -0.25) is 9.69 Å². The Morgan fingerprint density at radius 3 is 2.33 bits per heavy atom. The molecule has 3 aromatic rings. The number of aryl methyl sites for hydroxylation is 1. The number of carbonyl (C=O) groups excluding carboxylic acids is 1. The topological polar surface area (TPSA) is 54.9 Å². The van der Waals surface area contributed by atoms with E-state index in [-0.39, 0.29) is 5.91 Å². The molecule has 0 fully saturated rings. The van der Waals surface area contributed by atoms with Crippen LogP contribution in [0, 0.1) is 6.92 Å². The van der Waals surface area contributed by atoms with Crippen molar-refractivity contribution < 1.29 is 14.3 Å². The maximum Gasteiger partial charge on any atom is 0.239 e. The fourth-order valence-corrected chi connectivity index (χ4v) is 4.77. The summed E-state index contributed by atoms with van der Waals surface area (Å²) in [6.07, 6.45) is 0. The predicted molar refractivity (Wildman–Crippen MR) is 126 cm³/mol. The maximum atomic E-state index is 13.2. The minimum absolute atomic E-state index is 0.0272. The number of methoxy groups -OCH3 is 2. The van der Waals surface area contributed by atoms with Gasteiger partial charge in [-0.15, -0.1) is 11.8 Å². The Morgan fingerprint density at radius 2 is 1.70 bits per heavy atom. The van der Waals surface area contributed by atoms with Gasteiger partial charge in [-0.1, -0.05) is 29.0 Å². The molecule has 0 saturated heterocycles. The van der Waals surface area contributed by atoms with Gasteiger partial charge in [0.25, 0.3) is 0 Å². The van der Waals surface area contributed by atoms with E-state index in [9.17, 15) is 4.79 Å². The summed E-state index contributed by atoms with van der Waals surface area (Å²) in [5.74, 6) is 1.77. The predicted octanol–water partition coefficient (Wildman–Crippen LogP) is 4.31. The number of carbonyl (C=O) groups is 1. The largest absolute Gasteiger partial charge is 0.495 e. The number of nitrogens with zero attached hydrogens (tertiary/aromatic N) is 3. The van der Waals surface area contributed by atoms with Gasteiger partial charge in [0, 0.05) is 18.0 Å². The zero-order chi connectivity index (χ0) is 21.7. The third-order valence-electron chi connectivity index (χ3n) is 4.59. The number of aromatic nitrogens is 1. The number of likely N-dealkylation sites (N-methyl/N-ethyl adjacent to an activating group) is 1. The van der Waals surface area contributed by atoms with E-state index in [4.69, 9.17) is 14.5 Å². The Labute approximate surface area is 185 Å². The van der Waals surface area contributed by atoms with Crippen molar-refractivity contribution >= 4 is 44.4 Å². The quantitative estimate of drug-likeness (QED) is 0.458. The Hall–Kier alpha value is -2.29. The Balaban J connectivity index is 1.88. The molecular weight excluding hydrogens is 418 g/mol. The number of rotatable bonds is 9. The van der Waals surface area contributed by atoms with Gasteiger partial charge in [-0.05, 0) is 45.3 Å². The molecule has 0 atom stereocenters. The van der Waals surface area contributed by atoms with Crippen LogP contribution in [0.25, 0.3) is 10.2 Å². The van der Waals surface area contributed by atoms with Gasteiger partial charge in [-0.25, -0.2) is 4.98 Å². The van der Waals surface area contributed by atoms with Crippen LogP contribution in [0.5, 0.6) is 11.5 Å². The second-order valence-electron chi connectivity index (χ2n) is 7.09. The minimum Gasteiger partial charge on any atom is -0.495 e. The van der Waals surface area contributed by atoms with E-state index < -0.39 is 0 Å². The summed E-state index contributed by atoms with van der Waals surface area (Å²) in [6, 6.07) is 11.9. The van der Waals surface area contributed by atoms with Crippen LogP contribution in [0.1, 0.15) is 5.56 Å². The van der Waals surface area contributed by atoms with Crippen LogP contribution < -0.4 is 14.4 Å². The summed E-state index contributed by atoms with van der Waals surface area (Å²) in [4.78, 5) is 22.8. The lowest BCUT2D eigenvalue weighted by Gasteiger charge is -2.21. The molecule has 0 N–H and O–H groups in total. The zero-order valence-electron chi connectivity index (χ0n) is 18.0. The molecule has 6 nitrogen and oxygen atoms in total. The average molecular weight is 446 g/mol. The number of amides is 1. The van der Waals surface area contributed by atoms with Crippen LogP contribution in [0.4, 0.5) is 5.13 Å². The first-order valence-electron chi connectivity index (χ1n) is 9.59. The van der Waals surface area contributed by atoms with E-state index in [0.29, 0.717) is 28.7 Å². The molecule has 160 valence electrons. The van der Waals surface area contributed by atoms with Crippen molar-refractivity contribution in [3.05, 3.63) is 42.0 Å². The second-order valence-corrected chi connectivity index (χ2v) is 9.12. The minimum atomic E-state index is 0.0272. The number of ether oxygens (including phenoxy) is 2. The molecule has 0 radical (unpaired) electrons. The van der Waals surface area contributed by atoms with Crippen LogP contribution >= 0.6 is 23.1 Å². The average Bonchev–Trinajstić information content (AvgIpc) is 3.17. The SMILES string of the molecule is COc1ccc(OC)c2sc(N(CCN(C)C)C(=O)CSc3ccc(C)cc3)nc12. The summed E-state index contributed by atoms with van der Waals surface area (Å²) in [7, 11) is 7.24. The fourth-order valence-electron chi connectivity index (χ4n) is 2.87. The highest BCUT2D eigenvalue weighted by Crippen LogP contribution is 2.40. The van der Waals surface area contributed by atoms with Crippen molar-refractivity contribution in [2.45, 2.75) is 11.8 Å². The molecule has 0 spiro atoms. The number of thiazole rings is 1. The molecule has 0 saturated carbocycles. The summed E-state index contributed by atoms with van der Waals surface area (Å²) in [5.41, 5.74) is 1.92. The highest BCUT2D eigenvalue weighted by molar-refractivity contribution is 8.00. The lowest BCUT2D eigenvalue weighted by atomic mass is 10.2. The monoisotopic (exact) mass is 445 g/mol. The van der Waals surface area contributed by atoms with E-state index >= 15 is 0 Å². The molecule has 3 rings (SSSR count). The fraction of sp³-hybridized carbons (Fsp3) is 0.364. The molecule has 0 aliphatic rings. The van der Waals surface area contributed by atoms with Gasteiger partial charge in [0.1, 0.15) is 21.7 Å². The first kappa shape index (κ1) is 22.4. The van der Waals surface area contributed by atoms with E-state index in [2.05, 4.69) is 24.0 Å². The number of fused-ring (bicyclic) bond motifs is 1. The Kier molecular flexibility index (Phi) is 7.58. The summed E-state index contributed by atoms with van der Waals surface area (Å²) in [6.45, 7) is 3.36. The number of hydrogen-bond donors (Lipinski definition) is 0. The lowest BCUT2D eigenvalue weighted by Crippen LogP contribution is -2.37. The molecular formula is C22H27N3O3S2. The number of benzene rings is 2. The molecule has 0 aliphatic heterocycles. The molecule has 0 bridgehead atoms. The highest BCUT2D eigenvalue weighted by atomic mass is 32.2.